The van der Waals surface area contributed by atoms with Gasteiger partial charge >= 0.3 is 0 Å². The highest BCUT2D eigenvalue weighted by molar-refractivity contribution is 5.36. The summed E-state index contributed by atoms with van der Waals surface area (Å²) in [5, 5.41) is 0. The Bertz CT molecular complexity index is 426. The monoisotopic (exact) mass is 198 g/mol. The molecule has 0 N–H and O–H groups in total. The van der Waals surface area contributed by atoms with Crippen LogP contribution >= 0.6 is 0 Å². The number of nitrogens with zero attached hydrogens (tertiary/aromatic N) is 1. The summed E-state index contributed by atoms with van der Waals surface area (Å²) in [4.78, 5) is 4.21. The molecular weight excluding hydrogens is 186 g/mol. The van der Waals surface area contributed by atoms with Crippen LogP contribution in [0.5, 0.6) is 11.5 Å². The number of rotatable bonds is 3. The average Bonchev–Trinajstić information content (AvgIpc) is 2.31. The number of para-hydroxylation sites is 1. The van der Waals surface area contributed by atoms with Gasteiger partial charge in [-0.05, 0) is 24.3 Å². The number of pyridine rings is 1. The van der Waals surface area contributed by atoms with E-state index in [1.807, 2.05) is 55.8 Å². The van der Waals surface area contributed by atoms with Gasteiger partial charge < -0.3 is 4.74 Å². The van der Waals surface area contributed by atoms with Crippen LogP contribution in [0.3, 0.4) is 0 Å². The van der Waals surface area contributed by atoms with E-state index in [-0.39, 0.29) is 0 Å². The molecule has 2 nitrogen and oxygen atoms in total. The van der Waals surface area contributed by atoms with Gasteiger partial charge in [0.2, 0.25) is 0 Å². The largest absolute Gasteiger partial charge is 0.455 e. The fourth-order valence-corrected chi connectivity index (χ4v) is 1.32. The number of benzene rings is 1. The fraction of sp³-hybridized carbons (Fsp3) is 0.0769. The van der Waals surface area contributed by atoms with Crippen LogP contribution in [-0.2, 0) is 0 Å². The number of hydrogen-bond donors (Lipinski definition) is 0. The van der Waals surface area contributed by atoms with Crippen molar-refractivity contribution in [3.05, 3.63) is 60.8 Å². The Hall–Kier alpha value is -1.83. The molecule has 0 bridgehead atoms. The molecule has 0 aliphatic rings. The van der Waals surface area contributed by atoms with E-state index in [9.17, 15) is 0 Å². The Morgan fingerprint density at radius 1 is 1.07 bits per heavy atom. The van der Waals surface area contributed by atoms with E-state index >= 15 is 0 Å². The van der Waals surface area contributed by atoms with Crippen molar-refractivity contribution in [2.45, 2.75) is 6.92 Å². The van der Waals surface area contributed by atoms with Crippen molar-refractivity contribution in [3.8, 4) is 11.5 Å². The predicted octanol–water partition coefficient (Wildman–Crippen LogP) is 3.45. The first-order valence-electron chi connectivity index (χ1n) is 4.87. The molecule has 0 spiro atoms. The molecule has 0 unspecified atom stereocenters. The number of hydrogen-bond acceptors (Lipinski definition) is 2. The Labute approximate surface area is 89.6 Å². The molecule has 0 fully saturated rings. The van der Waals surface area contributed by atoms with Crippen LogP contribution in [0, 0.1) is 6.42 Å². The molecule has 2 rings (SSSR count). The summed E-state index contributed by atoms with van der Waals surface area (Å²) in [6.07, 6.45) is 3.69. The second-order valence-corrected chi connectivity index (χ2v) is 3.09. The lowest BCUT2D eigenvalue weighted by Gasteiger charge is -2.08. The fourth-order valence-electron chi connectivity index (χ4n) is 1.32. The lowest BCUT2D eigenvalue weighted by molar-refractivity contribution is 0.477. The first-order valence-corrected chi connectivity index (χ1v) is 4.87. The summed E-state index contributed by atoms with van der Waals surface area (Å²) in [5.74, 6) is 1.61. The smallest absolute Gasteiger partial charge is 0.149 e. The highest BCUT2D eigenvalue weighted by atomic mass is 16.5. The molecule has 1 aromatic carbocycles. The second-order valence-electron chi connectivity index (χ2n) is 3.09. The molecule has 75 valence electrons. The van der Waals surface area contributed by atoms with Crippen molar-refractivity contribution < 1.29 is 4.74 Å². The number of aromatic nitrogens is 1. The van der Waals surface area contributed by atoms with Gasteiger partial charge in [-0.3, -0.25) is 4.98 Å². The zero-order valence-corrected chi connectivity index (χ0v) is 8.55. The Morgan fingerprint density at radius 2 is 1.87 bits per heavy atom. The maximum Gasteiger partial charge on any atom is 0.149 e. The Morgan fingerprint density at radius 3 is 2.60 bits per heavy atom. The van der Waals surface area contributed by atoms with Gasteiger partial charge in [-0.2, -0.15) is 0 Å². The third-order valence-corrected chi connectivity index (χ3v) is 2.04. The van der Waals surface area contributed by atoms with Gasteiger partial charge in [0.25, 0.3) is 0 Å². The van der Waals surface area contributed by atoms with Crippen LogP contribution < -0.4 is 4.74 Å². The molecule has 0 aliphatic heterocycles. The molecule has 2 heteroatoms. The van der Waals surface area contributed by atoms with E-state index in [4.69, 9.17) is 4.74 Å². The summed E-state index contributed by atoms with van der Waals surface area (Å²) in [6.45, 7) is 1.94. The molecule has 0 atom stereocenters. The zero-order valence-electron chi connectivity index (χ0n) is 8.55. The van der Waals surface area contributed by atoms with Crippen LogP contribution in [0.2, 0.25) is 0 Å². The van der Waals surface area contributed by atoms with Gasteiger partial charge in [0.1, 0.15) is 11.5 Å². The van der Waals surface area contributed by atoms with Crippen molar-refractivity contribution in [1.29, 1.82) is 0 Å². The molecule has 0 aliphatic carbocycles. The minimum absolute atomic E-state index is 0.784. The van der Waals surface area contributed by atoms with E-state index in [0.29, 0.717) is 0 Å². The topological polar surface area (TPSA) is 22.1 Å². The van der Waals surface area contributed by atoms with Gasteiger partial charge in [-0.1, -0.05) is 25.1 Å². The van der Waals surface area contributed by atoms with Crippen molar-refractivity contribution in [2.75, 3.05) is 0 Å². The molecule has 0 amide bonds. The van der Waals surface area contributed by atoms with Crippen molar-refractivity contribution in [3.63, 3.8) is 0 Å². The van der Waals surface area contributed by atoms with E-state index < -0.39 is 0 Å². The molecule has 1 heterocycles. The van der Waals surface area contributed by atoms with E-state index in [1.54, 1.807) is 6.20 Å². The number of ether oxygens (including phenoxy) is 1. The zero-order chi connectivity index (χ0) is 10.5. The molecule has 15 heavy (non-hydrogen) atoms. The molecule has 1 radical (unpaired) electrons. The van der Waals surface area contributed by atoms with Crippen LogP contribution in [0.1, 0.15) is 12.6 Å². The van der Waals surface area contributed by atoms with E-state index in [0.717, 1.165) is 17.2 Å². The van der Waals surface area contributed by atoms with E-state index in [1.165, 1.54) is 0 Å². The highest BCUT2D eigenvalue weighted by Gasteiger charge is 2.02. The standard InChI is InChI=1S/C13H12NO/c1-2-12-13(9-6-10-14-12)15-11-7-4-3-5-8-11/h2-10H,1H3. The summed E-state index contributed by atoms with van der Waals surface area (Å²) in [6, 6.07) is 13.5. The molecule has 2 aromatic rings. The minimum Gasteiger partial charge on any atom is -0.455 e. The van der Waals surface area contributed by atoms with Gasteiger partial charge in [-0.25, -0.2) is 0 Å². The normalized spacial score (nSPS) is 9.93. The molecule has 0 saturated carbocycles. The van der Waals surface area contributed by atoms with Crippen molar-refractivity contribution >= 4 is 0 Å². The summed E-state index contributed by atoms with van der Waals surface area (Å²) >= 11 is 0. The van der Waals surface area contributed by atoms with Crippen LogP contribution in [0.4, 0.5) is 0 Å². The maximum absolute atomic E-state index is 5.71. The average molecular weight is 198 g/mol. The highest BCUT2D eigenvalue weighted by Crippen LogP contribution is 2.23. The third-order valence-electron chi connectivity index (χ3n) is 2.04. The quantitative estimate of drug-likeness (QED) is 0.753. The first-order chi connectivity index (χ1) is 7.40. The minimum atomic E-state index is 0.784. The van der Waals surface area contributed by atoms with E-state index in [2.05, 4.69) is 4.98 Å². The van der Waals surface area contributed by atoms with Gasteiger partial charge in [0.15, 0.2) is 0 Å². The first kappa shape index (κ1) is 9.71. The molecule has 1 aromatic heterocycles. The van der Waals surface area contributed by atoms with Crippen LogP contribution in [-0.4, -0.2) is 4.98 Å². The lowest BCUT2D eigenvalue weighted by Crippen LogP contribution is -1.91. The SMILES string of the molecule is C[CH]c1ncccc1Oc1ccccc1. The van der Waals surface area contributed by atoms with Crippen LogP contribution in [0.25, 0.3) is 0 Å². The summed E-state index contributed by atoms with van der Waals surface area (Å²) in [5.41, 5.74) is 0.862. The summed E-state index contributed by atoms with van der Waals surface area (Å²) in [7, 11) is 0. The Kier molecular flexibility index (Phi) is 2.98. The van der Waals surface area contributed by atoms with Crippen molar-refractivity contribution in [2.24, 2.45) is 0 Å². The van der Waals surface area contributed by atoms with Gasteiger partial charge in [-0.15, -0.1) is 0 Å². The predicted molar refractivity (Wildman–Crippen MR) is 59.8 cm³/mol. The van der Waals surface area contributed by atoms with Gasteiger partial charge in [0.05, 0.1) is 5.69 Å². The van der Waals surface area contributed by atoms with Crippen LogP contribution in [0.15, 0.2) is 48.7 Å². The third kappa shape index (κ3) is 2.34. The summed E-state index contributed by atoms with van der Waals surface area (Å²) < 4.78 is 5.71. The molecular formula is C13H12NO. The van der Waals surface area contributed by atoms with Gasteiger partial charge in [0, 0.05) is 12.6 Å². The maximum atomic E-state index is 5.71. The second kappa shape index (κ2) is 4.60. The lowest BCUT2D eigenvalue weighted by atomic mass is 10.2. The Balaban J connectivity index is 2.24. The van der Waals surface area contributed by atoms with Crippen molar-refractivity contribution in [1.82, 2.24) is 4.98 Å². The molecule has 0 saturated heterocycles.